The molecule has 24 heavy (non-hydrogen) atoms. The molecule has 6 heteroatoms. The van der Waals surface area contributed by atoms with Gasteiger partial charge in [-0.3, -0.25) is 0 Å². The molecule has 1 aliphatic carbocycles. The Labute approximate surface area is 141 Å². The number of aromatic nitrogens is 2. The Bertz CT molecular complexity index is 738. The SMILES string of the molecule is Cc1nccn1-c1ccc(CNC(=O)N(C)[C@@H](C)C2CC2)cc1F. The number of carbonyl (C=O) groups is 1. The molecule has 2 amide bonds. The zero-order chi connectivity index (χ0) is 17.3. The number of halogens is 1. The van der Waals surface area contributed by atoms with Crippen LogP contribution < -0.4 is 5.32 Å². The van der Waals surface area contributed by atoms with Crippen molar-refractivity contribution in [3.05, 3.63) is 47.8 Å². The van der Waals surface area contributed by atoms with E-state index in [1.54, 1.807) is 27.9 Å². The van der Waals surface area contributed by atoms with E-state index < -0.39 is 0 Å². The standard InChI is InChI=1S/C18H23FN4O/c1-12(15-5-6-15)22(3)18(24)21-11-14-4-7-17(16(19)10-14)23-9-8-20-13(23)2/h4,7-10,12,15H,5-6,11H2,1-3H3,(H,21,24)/t12-/m0/s1. The van der Waals surface area contributed by atoms with Gasteiger partial charge in [-0.15, -0.1) is 0 Å². The van der Waals surface area contributed by atoms with Gasteiger partial charge in [-0.1, -0.05) is 6.07 Å². The van der Waals surface area contributed by atoms with Gasteiger partial charge in [0.05, 0.1) is 5.69 Å². The van der Waals surface area contributed by atoms with E-state index in [4.69, 9.17) is 0 Å². The summed E-state index contributed by atoms with van der Waals surface area (Å²) in [5, 5.41) is 2.86. The van der Waals surface area contributed by atoms with E-state index in [1.165, 1.54) is 18.9 Å². The molecule has 3 rings (SSSR count). The van der Waals surface area contributed by atoms with Crippen molar-refractivity contribution in [1.29, 1.82) is 0 Å². The fourth-order valence-electron chi connectivity index (χ4n) is 2.87. The van der Waals surface area contributed by atoms with E-state index in [0.717, 1.165) is 11.4 Å². The second-order valence-corrected chi connectivity index (χ2v) is 6.48. The van der Waals surface area contributed by atoms with E-state index in [-0.39, 0.29) is 17.9 Å². The van der Waals surface area contributed by atoms with Crippen LogP contribution in [-0.2, 0) is 6.54 Å². The maximum Gasteiger partial charge on any atom is 0.317 e. The minimum Gasteiger partial charge on any atom is -0.334 e. The Morgan fingerprint density at radius 2 is 2.25 bits per heavy atom. The molecule has 0 spiro atoms. The molecule has 0 saturated heterocycles. The number of nitrogens with zero attached hydrogens (tertiary/aromatic N) is 3. The zero-order valence-electron chi connectivity index (χ0n) is 14.3. The first-order valence-electron chi connectivity index (χ1n) is 8.26. The molecule has 1 aromatic carbocycles. The molecule has 0 bridgehead atoms. The summed E-state index contributed by atoms with van der Waals surface area (Å²) in [5.41, 5.74) is 1.19. The van der Waals surface area contributed by atoms with Crippen LogP contribution in [0.25, 0.3) is 5.69 Å². The number of hydrogen-bond donors (Lipinski definition) is 1. The number of aryl methyl sites for hydroxylation is 1. The summed E-state index contributed by atoms with van der Waals surface area (Å²) in [4.78, 5) is 18.0. The lowest BCUT2D eigenvalue weighted by Crippen LogP contribution is -2.43. The molecular formula is C18H23FN4O. The van der Waals surface area contributed by atoms with E-state index in [2.05, 4.69) is 17.2 Å². The highest BCUT2D eigenvalue weighted by molar-refractivity contribution is 5.74. The van der Waals surface area contributed by atoms with E-state index >= 15 is 0 Å². The second kappa shape index (κ2) is 6.63. The Morgan fingerprint density at radius 3 is 2.83 bits per heavy atom. The number of hydrogen-bond acceptors (Lipinski definition) is 2. The van der Waals surface area contributed by atoms with Gasteiger partial charge < -0.3 is 14.8 Å². The fourth-order valence-corrected chi connectivity index (χ4v) is 2.87. The lowest BCUT2D eigenvalue weighted by Gasteiger charge is -2.25. The van der Waals surface area contributed by atoms with Crippen LogP contribution >= 0.6 is 0 Å². The van der Waals surface area contributed by atoms with Crippen molar-refractivity contribution >= 4 is 6.03 Å². The molecule has 1 N–H and O–H groups in total. The van der Waals surface area contributed by atoms with Crippen LogP contribution in [0.2, 0.25) is 0 Å². The molecule has 1 atom stereocenters. The van der Waals surface area contributed by atoms with Gasteiger partial charge in [0.1, 0.15) is 11.6 Å². The molecule has 1 heterocycles. The molecule has 1 aromatic heterocycles. The smallest absolute Gasteiger partial charge is 0.317 e. The highest BCUT2D eigenvalue weighted by atomic mass is 19.1. The third kappa shape index (κ3) is 3.42. The molecule has 1 saturated carbocycles. The van der Waals surface area contributed by atoms with Crippen LogP contribution in [0.1, 0.15) is 31.2 Å². The number of benzene rings is 1. The average molecular weight is 330 g/mol. The van der Waals surface area contributed by atoms with Crippen LogP contribution in [0, 0.1) is 18.7 Å². The fraction of sp³-hybridized carbons (Fsp3) is 0.444. The number of nitrogens with one attached hydrogen (secondary N) is 1. The number of imidazole rings is 1. The van der Waals surface area contributed by atoms with Gasteiger partial charge in [0.25, 0.3) is 0 Å². The first-order valence-corrected chi connectivity index (χ1v) is 8.26. The van der Waals surface area contributed by atoms with Crippen molar-refractivity contribution in [3.8, 4) is 5.69 Å². The van der Waals surface area contributed by atoms with Crippen LogP contribution in [0.4, 0.5) is 9.18 Å². The van der Waals surface area contributed by atoms with Gasteiger partial charge in [-0.2, -0.15) is 0 Å². The highest BCUT2D eigenvalue weighted by Crippen LogP contribution is 2.34. The average Bonchev–Trinajstić information content (AvgIpc) is 3.33. The Hall–Kier alpha value is -2.37. The Morgan fingerprint density at radius 1 is 1.50 bits per heavy atom. The molecule has 128 valence electrons. The van der Waals surface area contributed by atoms with Crippen molar-refractivity contribution in [3.63, 3.8) is 0 Å². The van der Waals surface area contributed by atoms with E-state index in [9.17, 15) is 9.18 Å². The van der Waals surface area contributed by atoms with Gasteiger partial charge >= 0.3 is 6.03 Å². The normalized spacial score (nSPS) is 15.2. The van der Waals surface area contributed by atoms with Crippen molar-refractivity contribution in [1.82, 2.24) is 19.8 Å². The predicted octanol–water partition coefficient (Wildman–Crippen LogP) is 3.26. The third-order valence-electron chi connectivity index (χ3n) is 4.78. The number of amides is 2. The van der Waals surface area contributed by atoms with Crippen molar-refractivity contribution < 1.29 is 9.18 Å². The number of urea groups is 1. The van der Waals surface area contributed by atoms with Crippen molar-refractivity contribution in [2.45, 2.75) is 39.3 Å². The first kappa shape index (κ1) is 16.5. The summed E-state index contributed by atoms with van der Waals surface area (Å²) in [6, 6.07) is 5.11. The summed E-state index contributed by atoms with van der Waals surface area (Å²) >= 11 is 0. The maximum absolute atomic E-state index is 14.3. The van der Waals surface area contributed by atoms with Crippen LogP contribution in [-0.4, -0.2) is 33.6 Å². The minimum absolute atomic E-state index is 0.121. The molecule has 0 unspecified atom stereocenters. The second-order valence-electron chi connectivity index (χ2n) is 6.48. The van der Waals surface area contributed by atoms with Gasteiger partial charge in [-0.05, 0) is 50.3 Å². The van der Waals surface area contributed by atoms with Crippen molar-refractivity contribution in [2.75, 3.05) is 7.05 Å². The Kier molecular flexibility index (Phi) is 4.55. The third-order valence-corrected chi connectivity index (χ3v) is 4.78. The number of carbonyl (C=O) groups excluding carboxylic acids is 1. The first-order chi connectivity index (χ1) is 11.5. The summed E-state index contributed by atoms with van der Waals surface area (Å²) in [5.74, 6) is 1.02. The molecular weight excluding hydrogens is 307 g/mol. The van der Waals surface area contributed by atoms with Gasteiger partial charge in [-0.25, -0.2) is 14.2 Å². The monoisotopic (exact) mass is 330 g/mol. The zero-order valence-corrected chi connectivity index (χ0v) is 14.3. The Balaban J connectivity index is 1.63. The molecule has 0 aliphatic heterocycles. The topological polar surface area (TPSA) is 50.2 Å². The van der Waals surface area contributed by atoms with Gasteiger partial charge in [0.2, 0.25) is 0 Å². The quantitative estimate of drug-likeness (QED) is 0.915. The van der Waals surface area contributed by atoms with Crippen LogP contribution in [0.5, 0.6) is 0 Å². The molecule has 1 aliphatic rings. The molecule has 0 radical (unpaired) electrons. The largest absolute Gasteiger partial charge is 0.334 e. The summed E-state index contributed by atoms with van der Waals surface area (Å²) < 4.78 is 16.0. The summed E-state index contributed by atoms with van der Waals surface area (Å²) in [7, 11) is 1.81. The summed E-state index contributed by atoms with van der Waals surface area (Å²) in [6.07, 6.45) is 5.75. The highest BCUT2D eigenvalue weighted by Gasteiger charge is 2.32. The molecule has 5 nitrogen and oxygen atoms in total. The van der Waals surface area contributed by atoms with Crippen LogP contribution in [0.3, 0.4) is 0 Å². The predicted molar refractivity (Wildman–Crippen MR) is 90.4 cm³/mol. The lowest BCUT2D eigenvalue weighted by molar-refractivity contribution is 0.187. The minimum atomic E-state index is -0.331. The van der Waals surface area contributed by atoms with E-state index in [0.29, 0.717) is 18.2 Å². The van der Waals surface area contributed by atoms with E-state index in [1.807, 2.05) is 20.0 Å². The van der Waals surface area contributed by atoms with Gasteiger partial charge in [0.15, 0.2) is 0 Å². The number of rotatable bonds is 5. The molecule has 2 aromatic rings. The van der Waals surface area contributed by atoms with Gasteiger partial charge in [0, 0.05) is 32.0 Å². The van der Waals surface area contributed by atoms with Crippen LogP contribution in [0.15, 0.2) is 30.6 Å². The maximum atomic E-state index is 14.3. The van der Waals surface area contributed by atoms with Crippen molar-refractivity contribution in [2.24, 2.45) is 5.92 Å². The lowest BCUT2D eigenvalue weighted by atomic mass is 10.2. The molecule has 1 fully saturated rings. The summed E-state index contributed by atoms with van der Waals surface area (Å²) in [6.45, 7) is 4.20.